The summed E-state index contributed by atoms with van der Waals surface area (Å²) < 4.78 is 6.13. The molecule has 1 atom stereocenters. The molecule has 1 unspecified atom stereocenters. The average Bonchev–Trinajstić information content (AvgIpc) is 2.90. The third-order valence-electron chi connectivity index (χ3n) is 3.82. The Kier molecular flexibility index (Phi) is 5.06. The van der Waals surface area contributed by atoms with E-state index in [1.807, 2.05) is 0 Å². The van der Waals surface area contributed by atoms with E-state index in [1.54, 1.807) is 0 Å². The summed E-state index contributed by atoms with van der Waals surface area (Å²) >= 11 is 0. The van der Waals surface area contributed by atoms with E-state index in [0.717, 1.165) is 18.7 Å². The minimum absolute atomic E-state index is 0.440. The zero-order valence-corrected chi connectivity index (χ0v) is 11.6. The molecule has 0 radical (unpaired) electrons. The lowest BCUT2D eigenvalue weighted by atomic mass is 10.1. The van der Waals surface area contributed by atoms with Gasteiger partial charge in [-0.3, -0.25) is 0 Å². The summed E-state index contributed by atoms with van der Waals surface area (Å²) in [5.41, 5.74) is 1.28. The van der Waals surface area contributed by atoms with Crippen LogP contribution in [0.25, 0.3) is 0 Å². The van der Waals surface area contributed by atoms with Gasteiger partial charge in [-0.15, -0.1) is 0 Å². The summed E-state index contributed by atoms with van der Waals surface area (Å²) in [7, 11) is 0. The number of para-hydroxylation sites is 1. The van der Waals surface area contributed by atoms with Gasteiger partial charge in [-0.05, 0) is 45.1 Å². The van der Waals surface area contributed by atoms with E-state index < -0.39 is 0 Å². The van der Waals surface area contributed by atoms with Crippen LogP contribution in [-0.4, -0.2) is 12.1 Å². The standard InChI is InChI=1S/C16H25NO/c1-3-13(2)17-12-14-8-4-7-11-16(14)18-15-9-5-6-10-15/h4,7-8,11,13,15,17H,3,5-6,9-10,12H2,1-2H3. The van der Waals surface area contributed by atoms with Crippen LogP contribution < -0.4 is 10.1 Å². The maximum atomic E-state index is 6.13. The lowest BCUT2D eigenvalue weighted by molar-refractivity contribution is 0.207. The van der Waals surface area contributed by atoms with Gasteiger partial charge in [0.1, 0.15) is 5.75 Å². The van der Waals surface area contributed by atoms with Gasteiger partial charge in [-0.1, -0.05) is 25.1 Å². The van der Waals surface area contributed by atoms with Crippen LogP contribution in [0.3, 0.4) is 0 Å². The average molecular weight is 247 g/mol. The first-order chi connectivity index (χ1) is 8.79. The van der Waals surface area contributed by atoms with Gasteiger partial charge in [0, 0.05) is 18.2 Å². The van der Waals surface area contributed by atoms with Gasteiger partial charge < -0.3 is 10.1 Å². The van der Waals surface area contributed by atoms with Gasteiger partial charge >= 0.3 is 0 Å². The van der Waals surface area contributed by atoms with Crippen molar-refractivity contribution in [2.45, 2.75) is 64.6 Å². The van der Waals surface area contributed by atoms with Crippen LogP contribution in [0.4, 0.5) is 0 Å². The number of benzene rings is 1. The van der Waals surface area contributed by atoms with Crippen molar-refractivity contribution in [1.82, 2.24) is 5.32 Å². The molecule has 2 nitrogen and oxygen atoms in total. The summed E-state index contributed by atoms with van der Waals surface area (Å²) in [5.74, 6) is 1.07. The van der Waals surface area contributed by atoms with Gasteiger partial charge in [-0.2, -0.15) is 0 Å². The minimum atomic E-state index is 0.440. The summed E-state index contributed by atoms with van der Waals surface area (Å²) in [6.07, 6.45) is 6.66. The highest BCUT2D eigenvalue weighted by atomic mass is 16.5. The molecule has 2 rings (SSSR count). The Hall–Kier alpha value is -1.02. The predicted octanol–water partition coefficient (Wildman–Crippen LogP) is 3.90. The zero-order valence-electron chi connectivity index (χ0n) is 11.6. The van der Waals surface area contributed by atoms with Crippen molar-refractivity contribution >= 4 is 0 Å². The second-order valence-corrected chi connectivity index (χ2v) is 5.32. The van der Waals surface area contributed by atoms with Crippen LogP contribution in [0, 0.1) is 0 Å². The molecule has 0 bridgehead atoms. The summed E-state index contributed by atoms with van der Waals surface area (Å²) in [4.78, 5) is 0. The molecule has 1 fully saturated rings. The maximum absolute atomic E-state index is 6.13. The van der Waals surface area contributed by atoms with Crippen LogP contribution in [0.15, 0.2) is 24.3 Å². The third-order valence-corrected chi connectivity index (χ3v) is 3.82. The number of rotatable bonds is 6. The minimum Gasteiger partial charge on any atom is -0.490 e. The molecular formula is C16H25NO. The fourth-order valence-corrected chi connectivity index (χ4v) is 2.38. The van der Waals surface area contributed by atoms with E-state index in [4.69, 9.17) is 4.74 Å². The Morgan fingerprint density at radius 2 is 2.00 bits per heavy atom. The fraction of sp³-hybridized carbons (Fsp3) is 0.625. The molecule has 0 aromatic heterocycles. The lowest BCUT2D eigenvalue weighted by Gasteiger charge is -2.18. The molecular weight excluding hydrogens is 222 g/mol. The Labute approximate surface area is 111 Å². The van der Waals surface area contributed by atoms with Crippen LogP contribution in [0.5, 0.6) is 5.75 Å². The van der Waals surface area contributed by atoms with Crippen molar-refractivity contribution < 1.29 is 4.74 Å². The van der Waals surface area contributed by atoms with Crippen LogP contribution >= 0.6 is 0 Å². The SMILES string of the molecule is CCC(C)NCc1ccccc1OC1CCCC1. The normalized spacial score (nSPS) is 17.9. The summed E-state index contributed by atoms with van der Waals surface area (Å²) in [5, 5.41) is 3.53. The topological polar surface area (TPSA) is 21.3 Å². The molecule has 1 saturated carbocycles. The second-order valence-electron chi connectivity index (χ2n) is 5.32. The molecule has 1 aliphatic carbocycles. The molecule has 1 aliphatic rings. The summed E-state index contributed by atoms with van der Waals surface area (Å²) in [6, 6.07) is 8.99. The third kappa shape index (κ3) is 3.74. The number of ether oxygens (including phenoxy) is 1. The van der Waals surface area contributed by atoms with Crippen LogP contribution in [0.2, 0.25) is 0 Å². The van der Waals surface area contributed by atoms with Gasteiger partial charge in [0.25, 0.3) is 0 Å². The lowest BCUT2D eigenvalue weighted by Crippen LogP contribution is -2.25. The number of hydrogen-bond donors (Lipinski definition) is 1. The fourth-order valence-electron chi connectivity index (χ4n) is 2.38. The molecule has 0 heterocycles. The Morgan fingerprint density at radius 3 is 2.72 bits per heavy atom. The quantitative estimate of drug-likeness (QED) is 0.823. The highest BCUT2D eigenvalue weighted by molar-refractivity contribution is 5.33. The van der Waals surface area contributed by atoms with Gasteiger partial charge in [-0.25, -0.2) is 0 Å². The molecule has 18 heavy (non-hydrogen) atoms. The molecule has 100 valence electrons. The van der Waals surface area contributed by atoms with E-state index >= 15 is 0 Å². The molecule has 0 saturated heterocycles. The number of hydrogen-bond acceptors (Lipinski definition) is 2. The highest BCUT2D eigenvalue weighted by Crippen LogP contribution is 2.26. The van der Waals surface area contributed by atoms with Gasteiger partial charge in [0.05, 0.1) is 6.10 Å². The zero-order chi connectivity index (χ0) is 12.8. The van der Waals surface area contributed by atoms with Crippen LogP contribution in [0.1, 0.15) is 51.5 Å². The molecule has 2 heteroatoms. The van der Waals surface area contributed by atoms with Crippen molar-refractivity contribution in [2.75, 3.05) is 0 Å². The van der Waals surface area contributed by atoms with Gasteiger partial charge in [0.15, 0.2) is 0 Å². The molecule has 1 aromatic carbocycles. The molecule has 1 N–H and O–H groups in total. The predicted molar refractivity (Wildman–Crippen MR) is 75.9 cm³/mol. The Balaban J connectivity index is 1.95. The molecule has 0 aliphatic heterocycles. The molecule has 0 amide bonds. The number of nitrogens with one attached hydrogen (secondary N) is 1. The Morgan fingerprint density at radius 1 is 1.28 bits per heavy atom. The van der Waals surface area contributed by atoms with Crippen LogP contribution in [-0.2, 0) is 6.54 Å². The van der Waals surface area contributed by atoms with E-state index in [9.17, 15) is 0 Å². The first kappa shape index (κ1) is 13.4. The first-order valence-corrected chi connectivity index (χ1v) is 7.27. The highest BCUT2D eigenvalue weighted by Gasteiger charge is 2.17. The largest absolute Gasteiger partial charge is 0.490 e. The van der Waals surface area contributed by atoms with E-state index in [2.05, 4.69) is 43.4 Å². The van der Waals surface area contributed by atoms with Gasteiger partial charge in [0.2, 0.25) is 0 Å². The monoisotopic (exact) mass is 247 g/mol. The second kappa shape index (κ2) is 6.79. The van der Waals surface area contributed by atoms with E-state index in [-0.39, 0.29) is 0 Å². The van der Waals surface area contributed by atoms with Crippen molar-refractivity contribution in [3.63, 3.8) is 0 Å². The Bertz CT molecular complexity index is 358. The smallest absolute Gasteiger partial charge is 0.124 e. The van der Waals surface area contributed by atoms with Crippen molar-refractivity contribution in [3.05, 3.63) is 29.8 Å². The van der Waals surface area contributed by atoms with Crippen molar-refractivity contribution in [2.24, 2.45) is 0 Å². The first-order valence-electron chi connectivity index (χ1n) is 7.27. The van der Waals surface area contributed by atoms with Crippen molar-refractivity contribution in [3.8, 4) is 5.75 Å². The molecule has 0 spiro atoms. The maximum Gasteiger partial charge on any atom is 0.124 e. The summed E-state index contributed by atoms with van der Waals surface area (Å²) in [6.45, 7) is 5.33. The van der Waals surface area contributed by atoms with E-state index in [0.29, 0.717) is 12.1 Å². The van der Waals surface area contributed by atoms with E-state index in [1.165, 1.54) is 31.2 Å². The van der Waals surface area contributed by atoms with Crippen molar-refractivity contribution in [1.29, 1.82) is 0 Å². The molecule has 1 aromatic rings.